The molecule has 1 amide bonds. The Morgan fingerprint density at radius 1 is 1.19 bits per heavy atom. The number of aryl methyl sites for hydroxylation is 1. The minimum atomic E-state index is -3.34. The number of fused-ring (bicyclic) bond motifs is 1. The van der Waals surface area contributed by atoms with Gasteiger partial charge in [-0.15, -0.1) is 16.4 Å². The quantitative estimate of drug-likeness (QED) is 0.449. The minimum absolute atomic E-state index is 0.0275. The number of hydrogen-bond acceptors (Lipinski definition) is 9. The van der Waals surface area contributed by atoms with Crippen molar-refractivity contribution in [2.24, 2.45) is 0 Å². The van der Waals surface area contributed by atoms with Crippen LogP contribution in [0, 0.1) is 6.92 Å². The van der Waals surface area contributed by atoms with E-state index in [1.807, 2.05) is 13.0 Å². The topological polar surface area (TPSA) is 136 Å². The highest BCUT2D eigenvalue weighted by molar-refractivity contribution is 7.90. The molecule has 4 rings (SSSR count). The van der Waals surface area contributed by atoms with Gasteiger partial charge in [-0.3, -0.25) is 10.1 Å². The normalized spacial score (nSPS) is 11.5. The fourth-order valence-corrected chi connectivity index (χ4v) is 4.65. The molecule has 0 aliphatic rings. The third-order valence-electron chi connectivity index (χ3n) is 4.41. The lowest BCUT2D eigenvalue weighted by Crippen LogP contribution is -2.12. The van der Waals surface area contributed by atoms with E-state index in [0.29, 0.717) is 27.5 Å². The van der Waals surface area contributed by atoms with Gasteiger partial charge < -0.3 is 9.47 Å². The number of carbonyl (C=O) groups excluding carboxylic acids is 1. The van der Waals surface area contributed by atoms with Gasteiger partial charge in [-0.2, -0.15) is 5.21 Å². The Morgan fingerprint density at radius 2 is 1.94 bits per heavy atom. The second kappa shape index (κ2) is 7.96. The number of tetrazole rings is 1. The van der Waals surface area contributed by atoms with Gasteiger partial charge >= 0.3 is 0 Å². The van der Waals surface area contributed by atoms with Crippen molar-refractivity contribution in [3.63, 3.8) is 0 Å². The number of benzene rings is 2. The first kappa shape index (κ1) is 20.8. The highest BCUT2D eigenvalue weighted by atomic mass is 32.2. The molecule has 2 heterocycles. The van der Waals surface area contributed by atoms with Crippen LogP contribution >= 0.6 is 11.3 Å². The van der Waals surface area contributed by atoms with Gasteiger partial charge in [-0.25, -0.2) is 8.42 Å². The Balaban J connectivity index is 1.79. The Labute approximate surface area is 181 Å². The first-order valence-electron chi connectivity index (χ1n) is 8.90. The van der Waals surface area contributed by atoms with Crippen LogP contribution in [0.3, 0.4) is 0 Å². The van der Waals surface area contributed by atoms with Crippen molar-refractivity contribution in [1.29, 1.82) is 0 Å². The van der Waals surface area contributed by atoms with E-state index in [9.17, 15) is 13.2 Å². The number of ether oxygens (including phenoxy) is 2. The number of anilines is 1. The molecule has 0 radical (unpaired) electrons. The van der Waals surface area contributed by atoms with Gasteiger partial charge in [0.25, 0.3) is 11.9 Å². The number of aromatic nitrogens is 4. The molecule has 0 aliphatic carbocycles. The van der Waals surface area contributed by atoms with E-state index in [1.165, 1.54) is 35.6 Å². The van der Waals surface area contributed by atoms with Gasteiger partial charge in [-0.05, 0) is 54.1 Å². The number of nitrogens with one attached hydrogen (secondary N) is 2. The highest BCUT2D eigenvalue weighted by Gasteiger charge is 2.23. The maximum atomic E-state index is 12.9. The summed E-state index contributed by atoms with van der Waals surface area (Å²) < 4.78 is 35.7. The van der Waals surface area contributed by atoms with Gasteiger partial charge in [0.05, 0.1) is 12.0 Å². The second-order valence-corrected chi connectivity index (χ2v) is 9.68. The molecule has 160 valence electrons. The molecule has 0 atom stereocenters. The monoisotopic (exact) mass is 459 g/mol. The molecule has 12 heteroatoms. The molecule has 10 nitrogen and oxygen atoms in total. The molecule has 0 saturated heterocycles. The van der Waals surface area contributed by atoms with Crippen LogP contribution in [0.2, 0.25) is 0 Å². The summed E-state index contributed by atoms with van der Waals surface area (Å²) in [5.41, 5.74) is 0.908. The van der Waals surface area contributed by atoms with Crippen LogP contribution in [0.4, 0.5) is 5.95 Å². The zero-order chi connectivity index (χ0) is 22.2. The van der Waals surface area contributed by atoms with Crippen molar-refractivity contribution >= 4 is 43.1 Å². The van der Waals surface area contributed by atoms with Crippen LogP contribution in [-0.4, -0.2) is 48.3 Å². The van der Waals surface area contributed by atoms with E-state index < -0.39 is 15.7 Å². The van der Waals surface area contributed by atoms with Gasteiger partial charge in [0.1, 0.15) is 16.4 Å². The Bertz CT molecular complexity index is 1360. The van der Waals surface area contributed by atoms with Crippen LogP contribution in [0.1, 0.15) is 15.2 Å². The molecule has 31 heavy (non-hydrogen) atoms. The maximum absolute atomic E-state index is 12.9. The number of carbonyl (C=O) groups is 1. The maximum Gasteiger partial charge on any atom is 0.272 e. The van der Waals surface area contributed by atoms with Crippen LogP contribution in [0.25, 0.3) is 10.1 Å². The SMILES string of the molecule is COc1cc2c(Oc3ccc(S(C)(=O)=O)cc3)c(C(=O)Nc3nn[nH]n3)sc2cc1C. The number of thiophene rings is 1. The average Bonchev–Trinajstić information content (AvgIpc) is 3.35. The number of sulfone groups is 1. The Morgan fingerprint density at radius 3 is 2.55 bits per heavy atom. The van der Waals surface area contributed by atoms with E-state index in [1.54, 1.807) is 13.2 Å². The lowest BCUT2D eigenvalue weighted by molar-refractivity contribution is 0.102. The van der Waals surface area contributed by atoms with Crippen molar-refractivity contribution < 1.29 is 22.7 Å². The summed E-state index contributed by atoms with van der Waals surface area (Å²) in [5, 5.41) is 16.4. The highest BCUT2D eigenvalue weighted by Crippen LogP contribution is 2.43. The first-order chi connectivity index (χ1) is 14.8. The molecule has 2 aromatic carbocycles. The van der Waals surface area contributed by atoms with Crippen molar-refractivity contribution in [3.8, 4) is 17.2 Å². The van der Waals surface area contributed by atoms with Crippen molar-refractivity contribution in [3.05, 3.63) is 46.8 Å². The molecular formula is C19H17N5O5S2. The van der Waals surface area contributed by atoms with E-state index in [4.69, 9.17) is 9.47 Å². The van der Waals surface area contributed by atoms with E-state index in [-0.39, 0.29) is 10.8 Å². The molecule has 0 spiro atoms. The summed E-state index contributed by atoms with van der Waals surface area (Å²) in [6, 6.07) is 9.67. The molecule has 0 unspecified atom stereocenters. The molecule has 2 aromatic heterocycles. The molecular weight excluding hydrogens is 442 g/mol. The van der Waals surface area contributed by atoms with E-state index in [2.05, 4.69) is 25.9 Å². The van der Waals surface area contributed by atoms with Crippen LogP contribution in [0.5, 0.6) is 17.2 Å². The van der Waals surface area contributed by atoms with E-state index >= 15 is 0 Å². The van der Waals surface area contributed by atoms with Gasteiger partial charge in [-0.1, -0.05) is 5.10 Å². The summed E-state index contributed by atoms with van der Waals surface area (Å²) in [7, 11) is -1.77. The number of aromatic amines is 1. The van der Waals surface area contributed by atoms with Crippen molar-refractivity contribution in [1.82, 2.24) is 20.6 Å². The molecule has 2 N–H and O–H groups in total. The third-order valence-corrected chi connectivity index (χ3v) is 6.67. The number of nitrogens with zero attached hydrogens (tertiary/aromatic N) is 3. The first-order valence-corrected chi connectivity index (χ1v) is 11.6. The van der Waals surface area contributed by atoms with E-state index in [0.717, 1.165) is 16.5 Å². The van der Waals surface area contributed by atoms with Crippen molar-refractivity contribution in [2.75, 3.05) is 18.7 Å². The van der Waals surface area contributed by atoms with Gasteiger partial charge in [0.2, 0.25) is 0 Å². The minimum Gasteiger partial charge on any atom is -0.496 e. The molecule has 0 fully saturated rings. The standard InChI is InChI=1S/C19H17N5O5S2/c1-10-8-15-13(9-14(10)28-2)16(17(30-15)18(25)20-19-21-23-24-22-19)29-11-4-6-12(7-5-11)31(3,26)27/h4-9H,1-3H3,(H2,20,21,22,23,24,25). The second-order valence-electron chi connectivity index (χ2n) is 6.61. The van der Waals surface area contributed by atoms with Crippen molar-refractivity contribution in [2.45, 2.75) is 11.8 Å². The van der Waals surface area contributed by atoms with Crippen LogP contribution < -0.4 is 14.8 Å². The molecule has 0 aliphatic heterocycles. The molecule has 0 saturated carbocycles. The number of hydrogen-bond donors (Lipinski definition) is 2. The number of amides is 1. The summed E-state index contributed by atoms with van der Waals surface area (Å²) >= 11 is 1.24. The largest absolute Gasteiger partial charge is 0.496 e. The van der Waals surface area contributed by atoms with Crippen LogP contribution in [0.15, 0.2) is 41.3 Å². The van der Waals surface area contributed by atoms with Gasteiger partial charge in [0.15, 0.2) is 15.6 Å². The summed E-state index contributed by atoms with van der Waals surface area (Å²) in [5.74, 6) is 0.890. The number of methoxy groups -OCH3 is 1. The smallest absolute Gasteiger partial charge is 0.272 e. The summed E-state index contributed by atoms with van der Waals surface area (Å²) in [6.45, 7) is 1.90. The lowest BCUT2D eigenvalue weighted by Gasteiger charge is -2.09. The fourth-order valence-electron chi connectivity index (χ4n) is 2.92. The number of H-pyrrole nitrogens is 1. The lowest BCUT2D eigenvalue weighted by atomic mass is 10.1. The molecule has 0 bridgehead atoms. The summed E-state index contributed by atoms with van der Waals surface area (Å²) in [6.07, 6.45) is 1.13. The summed E-state index contributed by atoms with van der Waals surface area (Å²) in [4.78, 5) is 13.4. The third kappa shape index (κ3) is 4.20. The zero-order valence-electron chi connectivity index (χ0n) is 16.7. The Kier molecular flexibility index (Phi) is 5.33. The zero-order valence-corrected chi connectivity index (χ0v) is 18.3. The fraction of sp³-hybridized carbons (Fsp3) is 0.158. The average molecular weight is 460 g/mol. The molecule has 4 aromatic rings. The Hall–Kier alpha value is -3.51. The number of rotatable bonds is 6. The predicted octanol–water partition coefficient (Wildman–Crippen LogP) is 3.18. The van der Waals surface area contributed by atoms with Crippen LogP contribution in [-0.2, 0) is 9.84 Å². The van der Waals surface area contributed by atoms with Gasteiger partial charge in [0, 0.05) is 16.3 Å². The predicted molar refractivity (Wildman–Crippen MR) is 115 cm³/mol.